The van der Waals surface area contributed by atoms with E-state index < -0.39 is 10.0 Å². The van der Waals surface area contributed by atoms with Gasteiger partial charge in [-0.25, -0.2) is 17.4 Å². The number of rotatable bonds is 5. The van der Waals surface area contributed by atoms with Gasteiger partial charge in [-0.3, -0.25) is 0 Å². The van der Waals surface area contributed by atoms with Crippen LogP contribution in [0.4, 0.5) is 5.69 Å². The molecule has 0 amide bonds. The van der Waals surface area contributed by atoms with E-state index in [9.17, 15) is 13.7 Å². The predicted octanol–water partition coefficient (Wildman–Crippen LogP) is 2.80. The molecule has 0 bridgehead atoms. The molecule has 1 fully saturated rings. The average molecular weight is 410 g/mol. The number of hydrogen-bond acceptors (Lipinski definition) is 6. The summed E-state index contributed by atoms with van der Waals surface area (Å²) in [5.74, 6) is 0.897. The van der Waals surface area contributed by atoms with E-state index in [4.69, 9.17) is 0 Å². The summed E-state index contributed by atoms with van der Waals surface area (Å²) in [7, 11) is -3.78. The monoisotopic (exact) mass is 409 g/mol. The van der Waals surface area contributed by atoms with Crippen LogP contribution in [0.15, 0.2) is 53.7 Å². The average Bonchev–Trinajstić information content (AvgIpc) is 3.36. The van der Waals surface area contributed by atoms with Crippen molar-refractivity contribution >= 4 is 26.7 Å². The number of nitriles is 1. The van der Waals surface area contributed by atoms with Crippen molar-refractivity contribution in [1.29, 1.82) is 5.26 Å². The molecule has 0 radical (unpaired) electrons. The number of pyridine rings is 1. The second kappa shape index (κ2) is 7.50. The second-order valence-corrected chi connectivity index (χ2v) is 9.46. The first-order valence-electron chi connectivity index (χ1n) is 9.61. The molecule has 1 saturated heterocycles. The smallest absolute Gasteiger partial charge is 0.269 e. The van der Waals surface area contributed by atoms with E-state index >= 15 is 0 Å². The van der Waals surface area contributed by atoms with Crippen LogP contribution < -0.4 is 10.6 Å². The van der Waals surface area contributed by atoms with Crippen LogP contribution in [-0.2, 0) is 10.0 Å². The number of benzene rings is 1. The molecule has 2 atom stereocenters. The molecule has 1 aliphatic rings. The lowest BCUT2D eigenvalue weighted by molar-refractivity contribution is 0.395. The van der Waals surface area contributed by atoms with Gasteiger partial charge in [0.2, 0.25) is 0 Å². The molecule has 0 aliphatic carbocycles. The summed E-state index contributed by atoms with van der Waals surface area (Å²) >= 11 is 0. The Hall–Kier alpha value is -2.89. The minimum atomic E-state index is -3.78. The lowest BCUT2D eigenvalue weighted by Gasteiger charge is -2.24. The summed E-state index contributed by atoms with van der Waals surface area (Å²) in [6.45, 7) is 6.07. The molecule has 1 aliphatic heterocycles. The zero-order valence-electron chi connectivity index (χ0n) is 16.3. The second-order valence-electron chi connectivity index (χ2n) is 7.64. The third kappa shape index (κ3) is 3.37. The first kappa shape index (κ1) is 19.4. The molecule has 8 heteroatoms. The van der Waals surface area contributed by atoms with Crippen molar-refractivity contribution in [3.63, 3.8) is 0 Å². The summed E-state index contributed by atoms with van der Waals surface area (Å²) < 4.78 is 27.4. The maximum absolute atomic E-state index is 13.1. The van der Waals surface area contributed by atoms with Crippen molar-refractivity contribution in [1.82, 2.24) is 14.3 Å². The standard InChI is InChI=1S/C21H23N5O2S/c1-14(2)18-12-23-13-19(18)25-20-15(10-22)11-24-21-17(20)8-9-26(21)29(27,28)16-6-4-3-5-7-16/h3-9,11,14,18-19,23H,12-13H2,1-2H3,(H,24,25)/t18-,19-/m0/s1. The highest BCUT2D eigenvalue weighted by Crippen LogP contribution is 2.31. The van der Waals surface area contributed by atoms with Crippen molar-refractivity contribution in [2.75, 3.05) is 18.4 Å². The van der Waals surface area contributed by atoms with Gasteiger partial charge in [0.25, 0.3) is 10.0 Å². The van der Waals surface area contributed by atoms with Gasteiger partial charge < -0.3 is 10.6 Å². The SMILES string of the molecule is CC(C)[C@@H]1CNC[C@@H]1Nc1c(C#N)cnc2c1ccn2S(=O)(=O)c1ccccc1. The molecule has 0 saturated carbocycles. The third-order valence-electron chi connectivity index (χ3n) is 5.55. The zero-order valence-corrected chi connectivity index (χ0v) is 17.1. The van der Waals surface area contributed by atoms with Crippen LogP contribution in [0.1, 0.15) is 19.4 Å². The van der Waals surface area contributed by atoms with Crippen molar-refractivity contribution in [2.45, 2.75) is 24.8 Å². The Bertz CT molecular complexity index is 1180. The fourth-order valence-corrected chi connectivity index (χ4v) is 5.27. The number of aromatic nitrogens is 2. The zero-order chi connectivity index (χ0) is 20.6. The summed E-state index contributed by atoms with van der Waals surface area (Å²) in [6.07, 6.45) is 2.94. The largest absolute Gasteiger partial charge is 0.379 e. The minimum absolute atomic E-state index is 0.154. The Labute approximate surface area is 170 Å². The van der Waals surface area contributed by atoms with Crippen molar-refractivity contribution in [3.05, 3.63) is 54.4 Å². The van der Waals surface area contributed by atoms with Gasteiger partial charge in [0.05, 0.1) is 16.1 Å². The molecule has 0 unspecified atom stereocenters. The van der Waals surface area contributed by atoms with Crippen LogP contribution >= 0.6 is 0 Å². The highest BCUT2D eigenvalue weighted by Gasteiger charge is 2.31. The highest BCUT2D eigenvalue weighted by atomic mass is 32.2. The fourth-order valence-electron chi connectivity index (χ4n) is 3.95. The van der Waals surface area contributed by atoms with Crippen LogP contribution in [0.25, 0.3) is 11.0 Å². The number of hydrogen-bond donors (Lipinski definition) is 2. The number of fused-ring (bicyclic) bond motifs is 1. The van der Waals surface area contributed by atoms with E-state index in [0.717, 1.165) is 13.1 Å². The molecule has 3 heterocycles. The lowest BCUT2D eigenvalue weighted by Crippen LogP contribution is -2.31. The molecule has 2 aromatic heterocycles. The molecule has 4 rings (SSSR count). The molecule has 7 nitrogen and oxygen atoms in total. The normalized spacial score (nSPS) is 19.5. The highest BCUT2D eigenvalue weighted by molar-refractivity contribution is 7.90. The lowest BCUT2D eigenvalue weighted by atomic mass is 9.91. The van der Waals surface area contributed by atoms with Gasteiger partial charge in [0, 0.05) is 36.9 Å². The maximum Gasteiger partial charge on any atom is 0.269 e. The van der Waals surface area contributed by atoms with Crippen molar-refractivity contribution in [3.8, 4) is 6.07 Å². The van der Waals surface area contributed by atoms with E-state index in [2.05, 4.69) is 35.5 Å². The van der Waals surface area contributed by atoms with E-state index in [1.807, 2.05) is 0 Å². The van der Waals surface area contributed by atoms with Gasteiger partial charge in [0.15, 0.2) is 5.65 Å². The van der Waals surface area contributed by atoms with Crippen LogP contribution in [0.5, 0.6) is 0 Å². The van der Waals surface area contributed by atoms with Crippen LogP contribution in [0.3, 0.4) is 0 Å². The number of nitrogens with one attached hydrogen (secondary N) is 2. The van der Waals surface area contributed by atoms with E-state index in [0.29, 0.717) is 34.1 Å². The van der Waals surface area contributed by atoms with Crippen LogP contribution in [-0.4, -0.2) is 36.5 Å². The van der Waals surface area contributed by atoms with Crippen LogP contribution in [0, 0.1) is 23.2 Å². The van der Waals surface area contributed by atoms with Gasteiger partial charge in [-0.05, 0) is 30.0 Å². The van der Waals surface area contributed by atoms with Crippen LogP contribution in [0.2, 0.25) is 0 Å². The van der Waals surface area contributed by atoms with Gasteiger partial charge in [0.1, 0.15) is 6.07 Å². The fraction of sp³-hybridized carbons (Fsp3) is 0.333. The first-order chi connectivity index (χ1) is 13.9. The van der Waals surface area contributed by atoms with Crippen molar-refractivity contribution < 1.29 is 8.42 Å². The van der Waals surface area contributed by atoms with Gasteiger partial charge >= 0.3 is 0 Å². The summed E-state index contributed by atoms with van der Waals surface area (Å²) in [6, 6.07) is 12.3. The maximum atomic E-state index is 13.1. The molecule has 1 aromatic carbocycles. The molecule has 2 N–H and O–H groups in total. The van der Waals surface area contributed by atoms with Gasteiger partial charge in [-0.2, -0.15) is 5.26 Å². The van der Waals surface area contributed by atoms with Gasteiger partial charge in [-0.15, -0.1) is 0 Å². The molecule has 3 aromatic rings. The van der Waals surface area contributed by atoms with E-state index in [1.165, 1.54) is 16.4 Å². The molecular formula is C21H23N5O2S. The molecule has 150 valence electrons. The Morgan fingerprint density at radius 1 is 1.24 bits per heavy atom. The van der Waals surface area contributed by atoms with E-state index in [-0.39, 0.29) is 10.9 Å². The van der Waals surface area contributed by atoms with Gasteiger partial charge in [-0.1, -0.05) is 32.0 Å². The molecular weight excluding hydrogens is 386 g/mol. The topological polar surface area (TPSA) is 99.8 Å². The Balaban J connectivity index is 1.81. The minimum Gasteiger partial charge on any atom is -0.379 e. The molecule has 29 heavy (non-hydrogen) atoms. The number of nitrogens with zero attached hydrogens (tertiary/aromatic N) is 3. The first-order valence-corrected chi connectivity index (χ1v) is 11.1. The predicted molar refractivity (Wildman–Crippen MR) is 112 cm³/mol. The van der Waals surface area contributed by atoms with Crippen molar-refractivity contribution in [2.24, 2.45) is 11.8 Å². The third-order valence-corrected chi connectivity index (χ3v) is 7.23. The Kier molecular flexibility index (Phi) is 5.03. The Morgan fingerprint density at radius 2 is 2.00 bits per heavy atom. The quantitative estimate of drug-likeness (QED) is 0.672. The summed E-state index contributed by atoms with van der Waals surface area (Å²) in [5.41, 5.74) is 1.35. The summed E-state index contributed by atoms with van der Waals surface area (Å²) in [5, 5.41) is 17.1. The van der Waals surface area contributed by atoms with E-state index in [1.54, 1.807) is 36.4 Å². The Morgan fingerprint density at radius 3 is 2.69 bits per heavy atom. The molecule has 0 spiro atoms. The number of anilines is 1. The summed E-state index contributed by atoms with van der Waals surface area (Å²) in [4.78, 5) is 4.49.